The monoisotopic (exact) mass is 252 g/mol. The zero-order valence-corrected chi connectivity index (χ0v) is 10.9. The summed E-state index contributed by atoms with van der Waals surface area (Å²) in [6.45, 7) is 3.86. The number of esters is 2. The molecule has 0 aromatic carbocycles. The SMILES string of the molecule is CCC(C)C(=O)OC1C2CCC3C(C2)C(=O)OC31. The number of hydrogen-bond donors (Lipinski definition) is 0. The molecule has 3 saturated carbocycles. The van der Waals surface area contributed by atoms with E-state index in [-0.39, 0.29) is 41.9 Å². The molecule has 0 aromatic rings. The minimum absolute atomic E-state index is 0.0710. The smallest absolute Gasteiger partial charge is 0.309 e. The Kier molecular flexibility index (Phi) is 2.83. The van der Waals surface area contributed by atoms with Crippen LogP contribution in [0.15, 0.2) is 0 Å². The van der Waals surface area contributed by atoms with Gasteiger partial charge in [-0.1, -0.05) is 13.8 Å². The Morgan fingerprint density at radius 1 is 1.50 bits per heavy atom. The van der Waals surface area contributed by atoms with Crippen LogP contribution in [0, 0.1) is 23.7 Å². The van der Waals surface area contributed by atoms with Gasteiger partial charge in [0.25, 0.3) is 0 Å². The van der Waals surface area contributed by atoms with Crippen molar-refractivity contribution in [1.29, 1.82) is 0 Å². The van der Waals surface area contributed by atoms with Crippen molar-refractivity contribution < 1.29 is 19.1 Å². The first-order valence-electron chi connectivity index (χ1n) is 7.02. The van der Waals surface area contributed by atoms with Crippen molar-refractivity contribution in [3.05, 3.63) is 0 Å². The highest BCUT2D eigenvalue weighted by atomic mass is 16.6. The van der Waals surface area contributed by atoms with Gasteiger partial charge in [-0.25, -0.2) is 0 Å². The van der Waals surface area contributed by atoms with Gasteiger partial charge < -0.3 is 9.47 Å². The fourth-order valence-electron chi connectivity index (χ4n) is 3.66. The summed E-state index contributed by atoms with van der Waals surface area (Å²) < 4.78 is 11.1. The third-order valence-electron chi connectivity index (χ3n) is 4.98. The van der Waals surface area contributed by atoms with Gasteiger partial charge in [0.15, 0.2) is 0 Å². The average molecular weight is 252 g/mol. The molecule has 4 bridgehead atoms. The quantitative estimate of drug-likeness (QED) is 0.720. The maximum Gasteiger partial charge on any atom is 0.309 e. The lowest BCUT2D eigenvalue weighted by Crippen LogP contribution is -2.50. The predicted molar refractivity (Wildman–Crippen MR) is 63.5 cm³/mol. The Hall–Kier alpha value is -1.06. The lowest BCUT2D eigenvalue weighted by Gasteiger charge is -2.44. The molecule has 6 atom stereocenters. The first-order valence-corrected chi connectivity index (χ1v) is 7.02. The van der Waals surface area contributed by atoms with Crippen LogP contribution in [0.1, 0.15) is 39.5 Å². The van der Waals surface area contributed by atoms with Crippen LogP contribution < -0.4 is 0 Å². The average Bonchev–Trinajstić information content (AvgIpc) is 2.66. The van der Waals surface area contributed by atoms with Gasteiger partial charge in [0.05, 0.1) is 11.8 Å². The lowest BCUT2D eigenvalue weighted by atomic mass is 9.63. The van der Waals surface area contributed by atoms with Crippen LogP contribution >= 0.6 is 0 Å². The molecule has 1 saturated heterocycles. The zero-order chi connectivity index (χ0) is 12.9. The highest BCUT2D eigenvalue weighted by Crippen LogP contribution is 2.52. The number of carbonyl (C=O) groups is 2. The molecule has 3 aliphatic carbocycles. The van der Waals surface area contributed by atoms with E-state index in [0.717, 1.165) is 25.7 Å². The number of rotatable bonds is 3. The van der Waals surface area contributed by atoms with Gasteiger partial charge in [-0.05, 0) is 25.7 Å². The normalized spacial score (nSPS) is 42.6. The molecule has 18 heavy (non-hydrogen) atoms. The first-order chi connectivity index (χ1) is 8.61. The summed E-state index contributed by atoms with van der Waals surface area (Å²) in [5, 5.41) is 0. The molecule has 0 N–H and O–H groups in total. The molecule has 6 unspecified atom stereocenters. The van der Waals surface area contributed by atoms with Crippen LogP contribution in [0.25, 0.3) is 0 Å². The number of carbonyl (C=O) groups excluding carboxylic acids is 2. The van der Waals surface area contributed by atoms with E-state index in [4.69, 9.17) is 9.47 Å². The highest BCUT2D eigenvalue weighted by molar-refractivity contribution is 5.77. The second-order valence-corrected chi connectivity index (χ2v) is 5.96. The van der Waals surface area contributed by atoms with Crippen molar-refractivity contribution >= 4 is 11.9 Å². The molecule has 4 nitrogen and oxygen atoms in total. The van der Waals surface area contributed by atoms with Crippen LogP contribution in [-0.4, -0.2) is 24.1 Å². The van der Waals surface area contributed by atoms with Crippen LogP contribution in [0.2, 0.25) is 0 Å². The molecule has 0 spiro atoms. The largest absolute Gasteiger partial charge is 0.458 e. The third kappa shape index (κ3) is 1.65. The zero-order valence-electron chi connectivity index (χ0n) is 10.9. The van der Waals surface area contributed by atoms with Crippen LogP contribution in [0.3, 0.4) is 0 Å². The summed E-state index contributed by atoms with van der Waals surface area (Å²) in [5.41, 5.74) is 0. The number of ether oxygens (including phenoxy) is 2. The summed E-state index contributed by atoms with van der Waals surface area (Å²) >= 11 is 0. The predicted octanol–water partition coefficient (Wildman–Crippen LogP) is 1.92. The fourth-order valence-corrected chi connectivity index (χ4v) is 3.66. The van der Waals surface area contributed by atoms with E-state index in [2.05, 4.69) is 0 Å². The second kappa shape index (κ2) is 4.25. The summed E-state index contributed by atoms with van der Waals surface area (Å²) in [4.78, 5) is 23.6. The molecule has 0 radical (unpaired) electrons. The number of fused-ring (bicyclic) bond motifs is 1. The fraction of sp³-hybridized carbons (Fsp3) is 0.857. The lowest BCUT2D eigenvalue weighted by molar-refractivity contribution is -0.176. The second-order valence-electron chi connectivity index (χ2n) is 5.96. The molecule has 0 amide bonds. The van der Waals surface area contributed by atoms with Gasteiger partial charge in [-0.15, -0.1) is 0 Å². The van der Waals surface area contributed by atoms with Crippen LogP contribution in [0.5, 0.6) is 0 Å². The molecule has 4 rings (SSSR count). The topological polar surface area (TPSA) is 52.6 Å². The Morgan fingerprint density at radius 2 is 2.28 bits per heavy atom. The van der Waals surface area contributed by atoms with Gasteiger partial charge in [0, 0.05) is 11.8 Å². The Bertz CT molecular complexity index is 378. The van der Waals surface area contributed by atoms with Crippen molar-refractivity contribution in [2.75, 3.05) is 0 Å². The molecular formula is C14H20O4. The third-order valence-corrected chi connectivity index (χ3v) is 4.98. The molecule has 0 aromatic heterocycles. The van der Waals surface area contributed by atoms with Crippen molar-refractivity contribution in [2.24, 2.45) is 23.7 Å². The van der Waals surface area contributed by atoms with Gasteiger partial charge in [0.2, 0.25) is 0 Å². The van der Waals surface area contributed by atoms with E-state index >= 15 is 0 Å². The molecule has 100 valence electrons. The van der Waals surface area contributed by atoms with Crippen LogP contribution in [-0.2, 0) is 19.1 Å². The van der Waals surface area contributed by atoms with E-state index in [1.807, 2.05) is 13.8 Å². The van der Waals surface area contributed by atoms with E-state index in [9.17, 15) is 9.59 Å². The maximum atomic E-state index is 11.9. The molecule has 1 heterocycles. The van der Waals surface area contributed by atoms with Crippen molar-refractivity contribution in [3.63, 3.8) is 0 Å². The van der Waals surface area contributed by atoms with E-state index in [1.54, 1.807) is 0 Å². The van der Waals surface area contributed by atoms with E-state index < -0.39 is 0 Å². The summed E-state index contributed by atoms with van der Waals surface area (Å²) in [5.74, 6) is 0.402. The van der Waals surface area contributed by atoms with Crippen molar-refractivity contribution in [1.82, 2.24) is 0 Å². The van der Waals surface area contributed by atoms with E-state index in [0.29, 0.717) is 5.92 Å². The van der Waals surface area contributed by atoms with Gasteiger partial charge in [-0.3, -0.25) is 9.59 Å². The van der Waals surface area contributed by atoms with Crippen LogP contribution in [0.4, 0.5) is 0 Å². The molecule has 4 heteroatoms. The molecule has 4 fully saturated rings. The van der Waals surface area contributed by atoms with Gasteiger partial charge in [0.1, 0.15) is 12.2 Å². The van der Waals surface area contributed by atoms with E-state index in [1.165, 1.54) is 0 Å². The maximum absolute atomic E-state index is 11.9. The van der Waals surface area contributed by atoms with Crippen molar-refractivity contribution in [2.45, 2.75) is 51.7 Å². The summed E-state index contributed by atoms with van der Waals surface area (Å²) in [6, 6.07) is 0. The van der Waals surface area contributed by atoms with Crippen molar-refractivity contribution in [3.8, 4) is 0 Å². The Balaban J connectivity index is 1.74. The molecular weight excluding hydrogens is 232 g/mol. The summed E-state index contributed by atoms with van der Waals surface area (Å²) in [7, 11) is 0. The minimum Gasteiger partial charge on any atom is -0.458 e. The van der Waals surface area contributed by atoms with Gasteiger partial charge in [-0.2, -0.15) is 0 Å². The first kappa shape index (κ1) is 12.0. The van der Waals surface area contributed by atoms with Gasteiger partial charge >= 0.3 is 11.9 Å². The minimum atomic E-state index is -0.187. The highest BCUT2D eigenvalue weighted by Gasteiger charge is 2.59. The molecule has 4 aliphatic rings. The summed E-state index contributed by atoms with van der Waals surface area (Å²) in [6.07, 6.45) is 3.39. The Labute approximate surface area is 107 Å². The molecule has 1 aliphatic heterocycles. The standard InChI is InChI=1S/C14H20O4/c1-3-7(2)13(15)17-11-8-4-5-9-10(6-8)14(16)18-12(9)11/h7-12H,3-6H2,1-2H3. The number of hydrogen-bond acceptors (Lipinski definition) is 4. The Morgan fingerprint density at radius 3 is 3.00 bits per heavy atom.